The quantitative estimate of drug-likeness (QED) is 0.690. The lowest BCUT2D eigenvalue weighted by Gasteiger charge is -2.24. The van der Waals surface area contributed by atoms with Crippen LogP contribution in [0, 0.1) is 0 Å². The van der Waals surface area contributed by atoms with Gasteiger partial charge in [0.1, 0.15) is 0 Å². The van der Waals surface area contributed by atoms with E-state index in [4.69, 9.17) is 5.73 Å². The molecule has 0 aliphatic heterocycles. The summed E-state index contributed by atoms with van der Waals surface area (Å²) in [6, 6.07) is 0.825. The van der Waals surface area contributed by atoms with Gasteiger partial charge in [0.25, 0.3) is 0 Å². The second-order valence-corrected chi connectivity index (χ2v) is 4.43. The lowest BCUT2D eigenvalue weighted by atomic mass is 10.2. The van der Waals surface area contributed by atoms with E-state index in [1.165, 1.54) is 0 Å². The summed E-state index contributed by atoms with van der Waals surface area (Å²) in [6.45, 7) is 0.504. The highest BCUT2D eigenvalue weighted by Crippen LogP contribution is 2.21. The zero-order valence-electron chi connectivity index (χ0n) is 9.36. The van der Waals surface area contributed by atoms with Gasteiger partial charge in [0.05, 0.1) is 6.54 Å². The molecular weight excluding hydrogens is 178 g/mol. The van der Waals surface area contributed by atoms with Gasteiger partial charge in [-0.05, 0) is 26.3 Å². The van der Waals surface area contributed by atoms with Gasteiger partial charge in [0, 0.05) is 26.2 Å². The van der Waals surface area contributed by atoms with Gasteiger partial charge in [0.2, 0.25) is 5.91 Å². The highest BCUT2D eigenvalue weighted by atomic mass is 16.2. The van der Waals surface area contributed by atoms with Crippen LogP contribution in [0.2, 0.25) is 0 Å². The minimum absolute atomic E-state index is 0.160. The van der Waals surface area contributed by atoms with E-state index in [9.17, 15) is 4.79 Å². The zero-order valence-corrected chi connectivity index (χ0v) is 9.36. The van der Waals surface area contributed by atoms with Crippen molar-refractivity contribution in [1.29, 1.82) is 0 Å². The fourth-order valence-corrected chi connectivity index (χ4v) is 1.88. The number of hydrogen-bond donors (Lipinski definition) is 1. The molecule has 0 aromatic heterocycles. The van der Waals surface area contributed by atoms with Crippen LogP contribution in [0.5, 0.6) is 0 Å². The molecule has 1 aliphatic carbocycles. The first-order valence-corrected chi connectivity index (χ1v) is 5.16. The van der Waals surface area contributed by atoms with E-state index in [2.05, 4.69) is 4.90 Å². The predicted octanol–water partition coefficient (Wildman–Crippen LogP) is -0.114. The number of carbonyl (C=O) groups excluding carboxylic acids is 1. The number of hydrogen-bond acceptors (Lipinski definition) is 3. The summed E-state index contributed by atoms with van der Waals surface area (Å²) >= 11 is 0. The number of rotatable bonds is 3. The third-order valence-electron chi connectivity index (χ3n) is 2.95. The lowest BCUT2D eigenvalue weighted by Crippen LogP contribution is -2.39. The highest BCUT2D eigenvalue weighted by Gasteiger charge is 2.26. The Hall–Kier alpha value is -0.610. The van der Waals surface area contributed by atoms with E-state index in [0.29, 0.717) is 18.6 Å². The van der Waals surface area contributed by atoms with Gasteiger partial charge < -0.3 is 10.6 Å². The molecule has 0 heterocycles. The van der Waals surface area contributed by atoms with Crippen LogP contribution >= 0.6 is 0 Å². The standard InChI is InChI=1S/C10H21N3O/c1-12(2)10(14)7-13(3)9-5-4-8(11)6-9/h8-9H,4-7,11H2,1-3H3. The van der Waals surface area contributed by atoms with Crippen molar-refractivity contribution >= 4 is 5.91 Å². The number of carbonyl (C=O) groups is 1. The van der Waals surface area contributed by atoms with E-state index in [1.807, 2.05) is 7.05 Å². The van der Waals surface area contributed by atoms with Gasteiger partial charge in [-0.1, -0.05) is 0 Å². The Bertz CT molecular complexity index is 206. The molecule has 0 bridgehead atoms. The molecule has 0 aromatic rings. The van der Waals surface area contributed by atoms with Crippen LogP contribution in [0.4, 0.5) is 0 Å². The van der Waals surface area contributed by atoms with Crippen LogP contribution in [-0.4, -0.2) is 55.5 Å². The van der Waals surface area contributed by atoms with Crippen molar-refractivity contribution in [3.63, 3.8) is 0 Å². The molecule has 0 saturated heterocycles. The molecule has 0 spiro atoms. The Morgan fingerprint density at radius 2 is 2.00 bits per heavy atom. The number of likely N-dealkylation sites (N-methyl/N-ethyl adjacent to an activating group) is 2. The van der Waals surface area contributed by atoms with Crippen LogP contribution in [0.15, 0.2) is 0 Å². The van der Waals surface area contributed by atoms with Crippen molar-refractivity contribution in [2.45, 2.75) is 31.3 Å². The van der Waals surface area contributed by atoms with Crippen molar-refractivity contribution in [1.82, 2.24) is 9.80 Å². The predicted molar refractivity (Wildman–Crippen MR) is 56.9 cm³/mol. The van der Waals surface area contributed by atoms with Gasteiger partial charge in [-0.2, -0.15) is 0 Å². The molecule has 1 rings (SSSR count). The van der Waals surface area contributed by atoms with Crippen molar-refractivity contribution in [3.05, 3.63) is 0 Å². The Labute approximate surface area is 86.0 Å². The second-order valence-electron chi connectivity index (χ2n) is 4.43. The van der Waals surface area contributed by atoms with Crippen molar-refractivity contribution in [2.75, 3.05) is 27.7 Å². The van der Waals surface area contributed by atoms with Gasteiger partial charge in [-0.25, -0.2) is 0 Å². The van der Waals surface area contributed by atoms with Gasteiger partial charge >= 0.3 is 0 Å². The number of amides is 1. The van der Waals surface area contributed by atoms with E-state index in [1.54, 1.807) is 19.0 Å². The molecule has 1 saturated carbocycles. The van der Waals surface area contributed by atoms with Crippen LogP contribution in [0.25, 0.3) is 0 Å². The first-order valence-electron chi connectivity index (χ1n) is 5.16. The summed E-state index contributed by atoms with van der Waals surface area (Å²) in [5.74, 6) is 0.160. The summed E-state index contributed by atoms with van der Waals surface area (Å²) < 4.78 is 0. The van der Waals surface area contributed by atoms with Gasteiger partial charge in [-0.3, -0.25) is 9.69 Å². The molecule has 2 atom stereocenters. The third kappa shape index (κ3) is 2.96. The Morgan fingerprint density at radius 1 is 1.36 bits per heavy atom. The van der Waals surface area contributed by atoms with Crippen LogP contribution in [0.1, 0.15) is 19.3 Å². The number of nitrogens with zero attached hydrogens (tertiary/aromatic N) is 2. The summed E-state index contributed by atoms with van der Waals surface area (Å²) in [5.41, 5.74) is 5.83. The number of nitrogens with two attached hydrogens (primary N) is 1. The summed E-state index contributed by atoms with van der Waals surface area (Å²) in [5, 5.41) is 0. The van der Waals surface area contributed by atoms with Crippen LogP contribution in [0.3, 0.4) is 0 Å². The minimum atomic E-state index is 0.160. The van der Waals surface area contributed by atoms with E-state index in [0.717, 1.165) is 19.3 Å². The monoisotopic (exact) mass is 199 g/mol. The molecule has 0 radical (unpaired) electrons. The third-order valence-corrected chi connectivity index (χ3v) is 2.95. The highest BCUT2D eigenvalue weighted by molar-refractivity contribution is 5.77. The molecule has 2 N–H and O–H groups in total. The molecule has 2 unspecified atom stereocenters. The molecule has 14 heavy (non-hydrogen) atoms. The summed E-state index contributed by atoms with van der Waals surface area (Å²) in [7, 11) is 5.58. The van der Waals surface area contributed by atoms with Gasteiger partial charge in [-0.15, -0.1) is 0 Å². The fourth-order valence-electron chi connectivity index (χ4n) is 1.88. The molecule has 4 heteroatoms. The van der Waals surface area contributed by atoms with Crippen LogP contribution in [-0.2, 0) is 4.79 Å². The molecule has 0 aromatic carbocycles. The molecule has 82 valence electrons. The normalized spacial score (nSPS) is 26.9. The maximum Gasteiger partial charge on any atom is 0.236 e. The SMILES string of the molecule is CN(C)C(=O)CN(C)C1CCC(N)C1. The zero-order chi connectivity index (χ0) is 10.7. The van der Waals surface area contributed by atoms with Crippen molar-refractivity contribution in [3.8, 4) is 0 Å². The molecular formula is C10H21N3O. The minimum Gasteiger partial charge on any atom is -0.348 e. The average Bonchev–Trinajstić information content (AvgIpc) is 2.51. The largest absolute Gasteiger partial charge is 0.348 e. The Morgan fingerprint density at radius 3 is 2.43 bits per heavy atom. The first-order chi connectivity index (χ1) is 6.50. The smallest absolute Gasteiger partial charge is 0.236 e. The van der Waals surface area contributed by atoms with E-state index in [-0.39, 0.29) is 5.91 Å². The maximum absolute atomic E-state index is 11.4. The topological polar surface area (TPSA) is 49.6 Å². The maximum atomic E-state index is 11.4. The summed E-state index contributed by atoms with van der Waals surface area (Å²) in [6.07, 6.45) is 3.24. The van der Waals surface area contributed by atoms with E-state index < -0.39 is 0 Å². The molecule has 1 aliphatic rings. The van der Waals surface area contributed by atoms with Crippen molar-refractivity contribution < 1.29 is 4.79 Å². The van der Waals surface area contributed by atoms with E-state index >= 15 is 0 Å². The van der Waals surface area contributed by atoms with Crippen molar-refractivity contribution in [2.24, 2.45) is 5.73 Å². The second kappa shape index (κ2) is 4.75. The van der Waals surface area contributed by atoms with Crippen LogP contribution < -0.4 is 5.73 Å². The summed E-state index contributed by atoms with van der Waals surface area (Å²) in [4.78, 5) is 15.2. The molecule has 4 nitrogen and oxygen atoms in total. The average molecular weight is 199 g/mol. The first kappa shape index (κ1) is 11.5. The Balaban J connectivity index is 2.35. The lowest BCUT2D eigenvalue weighted by molar-refractivity contribution is -0.130. The van der Waals surface area contributed by atoms with Gasteiger partial charge in [0.15, 0.2) is 0 Å². The Kier molecular flexibility index (Phi) is 3.89. The molecule has 1 amide bonds. The molecule has 1 fully saturated rings. The fraction of sp³-hybridized carbons (Fsp3) is 0.900.